The first-order valence-corrected chi connectivity index (χ1v) is 8.85. The third-order valence-corrected chi connectivity index (χ3v) is 4.57. The van der Waals surface area contributed by atoms with Crippen LogP contribution in [0.4, 0.5) is 5.82 Å². The molecule has 2 heterocycles. The van der Waals surface area contributed by atoms with Crippen LogP contribution in [0.15, 0.2) is 42.6 Å². The predicted octanol–water partition coefficient (Wildman–Crippen LogP) is 1.82. The summed E-state index contributed by atoms with van der Waals surface area (Å²) >= 11 is 0. The van der Waals surface area contributed by atoms with Gasteiger partial charge in [0.25, 0.3) is 0 Å². The number of aromatic nitrogens is 1. The van der Waals surface area contributed by atoms with Crippen molar-refractivity contribution in [3.63, 3.8) is 0 Å². The number of benzene rings is 1. The number of para-hydroxylation sites is 1. The zero-order valence-electron chi connectivity index (χ0n) is 15.0. The Morgan fingerprint density at radius 2 is 1.96 bits per heavy atom. The third kappa shape index (κ3) is 4.72. The Morgan fingerprint density at radius 3 is 2.62 bits per heavy atom. The normalized spacial score (nSPS) is 16.1. The van der Waals surface area contributed by atoms with E-state index in [2.05, 4.69) is 20.9 Å². The van der Waals surface area contributed by atoms with Gasteiger partial charge in [0.05, 0.1) is 5.56 Å². The number of aliphatic hydroxyl groups excluding tert-OH is 1. The minimum absolute atomic E-state index is 0.294. The van der Waals surface area contributed by atoms with Gasteiger partial charge >= 0.3 is 0 Å². The van der Waals surface area contributed by atoms with Gasteiger partial charge in [0.15, 0.2) is 0 Å². The van der Waals surface area contributed by atoms with Crippen molar-refractivity contribution in [1.82, 2.24) is 9.88 Å². The highest BCUT2D eigenvalue weighted by Gasteiger charge is 2.20. The summed E-state index contributed by atoms with van der Waals surface area (Å²) in [4.78, 5) is 8.79. The molecule has 1 fully saturated rings. The average molecular weight is 352 g/mol. The van der Waals surface area contributed by atoms with Gasteiger partial charge < -0.3 is 14.7 Å². The summed E-state index contributed by atoms with van der Waals surface area (Å²) in [5, 5.41) is 19.1. The molecule has 0 aliphatic carbocycles. The molecule has 1 atom stereocenters. The topological polar surface area (TPSA) is 72.6 Å². The molecule has 6 heteroatoms. The molecule has 0 saturated carbocycles. The monoisotopic (exact) mass is 352 g/mol. The highest BCUT2D eigenvalue weighted by molar-refractivity contribution is 5.42. The first kappa shape index (κ1) is 18.2. The van der Waals surface area contributed by atoms with E-state index in [0.717, 1.165) is 43.3 Å². The quantitative estimate of drug-likeness (QED) is 0.855. The van der Waals surface area contributed by atoms with E-state index in [0.29, 0.717) is 18.7 Å². The van der Waals surface area contributed by atoms with Gasteiger partial charge in [-0.3, -0.25) is 4.90 Å². The van der Waals surface area contributed by atoms with Gasteiger partial charge in [0.1, 0.15) is 30.3 Å². The summed E-state index contributed by atoms with van der Waals surface area (Å²) in [6.45, 7) is 6.32. The maximum absolute atomic E-state index is 10.3. The van der Waals surface area contributed by atoms with Gasteiger partial charge in [-0.15, -0.1) is 0 Å². The van der Waals surface area contributed by atoms with Crippen molar-refractivity contribution in [1.29, 1.82) is 5.26 Å². The summed E-state index contributed by atoms with van der Waals surface area (Å²) in [5.74, 6) is 1.72. The number of aliphatic hydroxyl groups is 1. The van der Waals surface area contributed by atoms with E-state index in [1.54, 1.807) is 12.3 Å². The number of hydrogen-bond donors (Lipinski definition) is 1. The molecule has 1 aromatic carbocycles. The van der Waals surface area contributed by atoms with Gasteiger partial charge in [-0.2, -0.15) is 5.26 Å². The molecule has 1 saturated heterocycles. The SMILES string of the molecule is Cc1ccccc1OCC(O)CN1CCN(c2ccc(C#N)cn2)CC1. The molecular formula is C20H24N4O2. The summed E-state index contributed by atoms with van der Waals surface area (Å²) in [5.41, 5.74) is 1.65. The summed E-state index contributed by atoms with van der Waals surface area (Å²) < 4.78 is 5.73. The molecule has 1 unspecified atom stereocenters. The van der Waals surface area contributed by atoms with E-state index in [-0.39, 0.29) is 0 Å². The van der Waals surface area contributed by atoms with E-state index in [9.17, 15) is 5.11 Å². The van der Waals surface area contributed by atoms with Crippen molar-refractivity contribution in [2.24, 2.45) is 0 Å². The van der Waals surface area contributed by atoms with Crippen LogP contribution in [0.1, 0.15) is 11.1 Å². The molecule has 6 nitrogen and oxygen atoms in total. The molecule has 1 N–H and O–H groups in total. The maximum Gasteiger partial charge on any atom is 0.128 e. The van der Waals surface area contributed by atoms with Crippen LogP contribution in [0.5, 0.6) is 5.75 Å². The second-order valence-electron chi connectivity index (χ2n) is 6.53. The van der Waals surface area contributed by atoms with Gasteiger partial charge in [-0.1, -0.05) is 18.2 Å². The lowest BCUT2D eigenvalue weighted by Crippen LogP contribution is -2.49. The van der Waals surface area contributed by atoms with Crippen LogP contribution in [-0.2, 0) is 0 Å². The smallest absolute Gasteiger partial charge is 0.128 e. The van der Waals surface area contributed by atoms with Gasteiger partial charge in [-0.25, -0.2) is 4.98 Å². The van der Waals surface area contributed by atoms with Crippen LogP contribution in [0.3, 0.4) is 0 Å². The number of hydrogen-bond acceptors (Lipinski definition) is 6. The van der Waals surface area contributed by atoms with Crippen LogP contribution >= 0.6 is 0 Å². The number of β-amino-alcohol motifs (C(OH)–C–C–N with tert-alkyl or cyclic N) is 1. The number of rotatable bonds is 6. The van der Waals surface area contributed by atoms with Crippen LogP contribution in [-0.4, -0.2) is 60.4 Å². The second kappa shape index (κ2) is 8.65. The van der Waals surface area contributed by atoms with Crippen LogP contribution in [0.25, 0.3) is 0 Å². The molecule has 0 amide bonds. The van der Waals surface area contributed by atoms with E-state index in [1.165, 1.54) is 0 Å². The summed E-state index contributed by atoms with van der Waals surface area (Å²) in [6, 6.07) is 13.6. The fraction of sp³-hybridized carbons (Fsp3) is 0.400. The molecule has 0 spiro atoms. The number of ether oxygens (including phenoxy) is 1. The number of nitriles is 1. The highest BCUT2D eigenvalue weighted by atomic mass is 16.5. The molecule has 2 aromatic rings. The minimum atomic E-state index is -0.519. The van der Waals surface area contributed by atoms with E-state index in [4.69, 9.17) is 10.00 Å². The Morgan fingerprint density at radius 1 is 1.19 bits per heavy atom. The number of nitrogens with zero attached hydrogens (tertiary/aromatic N) is 4. The molecule has 1 aliphatic heterocycles. The zero-order valence-corrected chi connectivity index (χ0v) is 15.0. The molecule has 3 rings (SSSR count). The standard InChI is InChI=1S/C20H24N4O2/c1-16-4-2-3-5-19(16)26-15-18(25)14-23-8-10-24(11-9-23)20-7-6-17(12-21)13-22-20/h2-7,13,18,25H,8-11,14-15H2,1H3. The Labute approximate surface area is 154 Å². The van der Waals surface area contributed by atoms with E-state index in [1.807, 2.05) is 37.3 Å². The van der Waals surface area contributed by atoms with Crippen molar-refractivity contribution in [2.45, 2.75) is 13.0 Å². The zero-order chi connectivity index (χ0) is 18.4. The van der Waals surface area contributed by atoms with Crippen molar-refractivity contribution in [3.8, 4) is 11.8 Å². The Bertz CT molecular complexity index is 749. The molecule has 26 heavy (non-hydrogen) atoms. The van der Waals surface area contributed by atoms with Crippen molar-refractivity contribution in [2.75, 3.05) is 44.2 Å². The molecule has 0 bridgehead atoms. The van der Waals surface area contributed by atoms with Crippen molar-refractivity contribution < 1.29 is 9.84 Å². The Kier molecular flexibility index (Phi) is 6.05. The molecule has 136 valence electrons. The lowest BCUT2D eigenvalue weighted by molar-refractivity contribution is 0.0660. The van der Waals surface area contributed by atoms with E-state index < -0.39 is 6.10 Å². The van der Waals surface area contributed by atoms with E-state index >= 15 is 0 Å². The molecule has 1 aliphatic rings. The predicted molar refractivity (Wildman–Crippen MR) is 100 cm³/mol. The van der Waals surface area contributed by atoms with Crippen molar-refractivity contribution >= 4 is 5.82 Å². The van der Waals surface area contributed by atoms with Crippen molar-refractivity contribution in [3.05, 3.63) is 53.7 Å². The molecular weight excluding hydrogens is 328 g/mol. The number of anilines is 1. The first-order chi connectivity index (χ1) is 12.7. The second-order valence-corrected chi connectivity index (χ2v) is 6.53. The highest BCUT2D eigenvalue weighted by Crippen LogP contribution is 2.17. The summed E-state index contributed by atoms with van der Waals surface area (Å²) in [6.07, 6.45) is 1.09. The van der Waals surface area contributed by atoms with Gasteiger partial charge in [-0.05, 0) is 30.7 Å². The fourth-order valence-corrected chi connectivity index (χ4v) is 3.05. The van der Waals surface area contributed by atoms with Crippen LogP contribution < -0.4 is 9.64 Å². The number of aryl methyl sites for hydroxylation is 1. The van der Waals surface area contributed by atoms with Gasteiger partial charge in [0.2, 0.25) is 0 Å². The summed E-state index contributed by atoms with van der Waals surface area (Å²) in [7, 11) is 0. The molecule has 1 aromatic heterocycles. The van der Waals surface area contributed by atoms with Crippen LogP contribution in [0, 0.1) is 18.3 Å². The average Bonchev–Trinajstić information content (AvgIpc) is 2.68. The van der Waals surface area contributed by atoms with Crippen LogP contribution in [0.2, 0.25) is 0 Å². The maximum atomic E-state index is 10.3. The van der Waals surface area contributed by atoms with Gasteiger partial charge in [0, 0.05) is 38.9 Å². The minimum Gasteiger partial charge on any atom is -0.491 e. The first-order valence-electron chi connectivity index (χ1n) is 8.85. The lowest BCUT2D eigenvalue weighted by Gasteiger charge is -2.36. The Hall–Kier alpha value is -2.62. The number of piperazine rings is 1. The fourth-order valence-electron chi connectivity index (χ4n) is 3.05. The Balaban J connectivity index is 1.43. The molecule has 0 radical (unpaired) electrons. The lowest BCUT2D eigenvalue weighted by atomic mass is 10.2. The third-order valence-electron chi connectivity index (χ3n) is 4.57. The largest absolute Gasteiger partial charge is 0.491 e. The number of pyridine rings is 1.